The molecule has 0 radical (unpaired) electrons. The number of aromatic hydroxyl groups is 1. The van der Waals surface area contributed by atoms with Gasteiger partial charge in [-0.05, 0) is 44.7 Å². The molecular weight excluding hydrogens is 212 g/mol. The van der Waals surface area contributed by atoms with Crippen molar-refractivity contribution in [2.45, 2.75) is 52.1 Å². The van der Waals surface area contributed by atoms with E-state index >= 15 is 0 Å². The molecule has 1 fully saturated rings. The maximum absolute atomic E-state index is 9.71. The van der Waals surface area contributed by atoms with Crippen molar-refractivity contribution in [1.29, 1.82) is 0 Å². The smallest absolute Gasteiger partial charge is 0.138 e. The second-order valence-electron chi connectivity index (χ2n) is 5.13. The fraction of sp³-hybridized carbons (Fsp3) is 0.643. The Balaban J connectivity index is 1.90. The van der Waals surface area contributed by atoms with Gasteiger partial charge in [0.1, 0.15) is 5.75 Å². The number of hydrogen-bond donors (Lipinski definition) is 2. The fourth-order valence-electron chi connectivity index (χ4n) is 2.61. The number of rotatable bonds is 4. The zero-order valence-electron chi connectivity index (χ0n) is 10.7. The van der Waals surface area contributed by atoms with E-state index in [2.05, 4.69) is 17.2 Å². The standard InChI is InChI=1S/C14H22N2O/c1-10-7-8-14(17)13(16-10)9-15-11(2)12-5-3-4-6-12/h7-8,11-12,15,17H,3-6,9H2,1-2H3/t11-/m1/s1. The summed E-state index contributed by atoms with van der Waals surface area (Å²) in [6, 6.07) is 4.07. The first-order chi connectivity index (χ1) is 8.16. The van der Waals surface area contributed by atoms with Crippen LogP contribution in [-0.4, -0.2) is 16.1 Å². The summed E-state index contributed by atoms with van der Waals surface area (Å²) in [4.78, 5) is 4.36. The van der Waals surface area contributed by atoms with Gasteiger partial charge in [-0.15, -0.1) is 0 Å². The molecule has 0 amide bonds. The van der Waals surface area contributed by atoms with Gasteiger partial charge in [0.05, 0.1) is 5.69 Å². The topological polar surface area (TPSA) is 45.1 Å². The summed E-state index contributed by atoms with van der Waals surface area (Å²) >= 11 is 0. The van der Waals surface area contributed by atoms with Crippen molar-refractivity contribution in [3.8, 4) is 5.75 Å². The number of aromatic nitrogens is 1. The van der Waals surface area contributed by atoms with Gasteiger partial charge < -0.3 is 10.4 Å². The predicted molar refractivity (Wildman–Crippen MR) is 68.9 cm³/mol. The molecular formula is C14H22N2O. The second kappa shape index (κ2) is 5.50. The van der Waals surface area contributed by atoms with E-state index in [1.807, 2.05) is 13.0 Å². The molecule has 2 N–H and O–H groups in total. The van der Waals surface area contributed by atoms with Gasteiger partial charge >= 0.3 is 0 Å². The van der Waals surface area contributed by atoms with Crippen LogP contribution in [0, 0.1) is 12.8 Å². The molecule has 0 aliphatic heterocycles. The largest absolute Gasteiger partial charge is 0.506 e. The molecule has 0 spiro atoms. The molecule has 17 heavy (non-hydrogen) atoms. The Morgan fingerprint density at radius 1 is 1.41 bits per heavy atom. The third-order valence-corrected chi connectivity index (χ3v) is 3.79. The summed E-state index contributed by atoms with van der Waals surface area (Å²) in [7, 11) is 0. The van der Waals surface area contributed by atoms with E-state index in [0.29, 0.717) is 18.3 Å². The van der Waals surface area contributed by atoms with E-state index in [4.69, 9.17) is 0 Å². The molecule has 3 heteroatoms. The second-order valence-corrected chi connectivity index (χ2v) is 5.13. The molecule has 1 heterocycles. The van der Waals surface area contributed by atoms with Gasteiger partial charge in [0.2, 0.25) is 0 Å². The van der Waals surface area contributed by atoms with Crippen molar-refractivity contribution < 1.29 is 5.11 Å². The first kappa shape index (κ1) is 12.4. The van der Waals surface area contributed by atoms with Gasteiger partial charge in [-0.25, -0.2) is 0 Å². The lowest BCUT2D eigenvalue weighted by molar-refractivity contribution is 0.373. The zero-order valence-corrected chi connectivity index (χ0v) is 10.7. The molecule has 1 saturated carbocycles. The van der Waals surface area contributed by atoms with Crippen molar-refractivity contribution in [3.63, 3.8) is 0 Å². The first-order valence-electron chi connectivity index (χ1n) is 6.55. The normalized spacial score (nSPS) is 18.5. The molecule has 94 valence electrons. The van der Waals surface area contributed by atoms with E-state index in [1.165, 1.54) is 25.7 Å². The number of pyridine rings is 1. The highest BCUT2D eigenvalue weighted by atomic mass is 16.3. The van der Waals surface area contributed by atoms with Crippen LogP contribution in [0.1, 0.15) is 44.0 Å². The van der Waals surface area contributed by atoms with Crippen LogP contribution in [0.3, 0.4) is 0 Å². The minimum atomic E-state index is 0.293. The lowest BCUT2D eigenvalue weighted by Gasteiger charge is -2.20. The Bertz CT molecular complexity index is 372. The van der Waals surface area contributed by atoms with Gasteiger partial charge in [-0.2, -0.15) is 0 Å². The molecule has 1 aliphatic carbocycles. The number of nitrogens with one attached hydrogen (secondary N) is 1. The molecule has 1 aromatic rings. The molecule has 0 bridgehead atoms. The van der Waals surface area contributed by atoms with Crippen molar-refractivity contribution >= 4 is 0 Å². The molecule has 0 aromatic carbocycles. The molecule has 1 aromatic heterocycles. The lowest BCUT2D eigenvalue weighted by atomic mass is 10.00. The van der Waals surface area contributed by atoms with Crippen LogP contribution < -0.4 is 5.32 Å². The quantitative estimate of drug-likeness (QED) is 0.842. The predicted octanol–water partition coefficient (Wildman–Crippen LogP) is 2.76. The maximum atomic E-state index is 9.71. The third-order valence-electron chi connectivity index (χ3n) is 3.79. The number of aryl methyl sites for hydroxylation is 1. The lowest BCUT2D eigenvalue weighted by Crippen LogP contribution is -2.32. The molecule has 3 nitrogen and oxygen atoms in total. The van der Waals surface area contributed by atoms with Crippen molar-refractivity contribution in [2.75, 3.05) is 0 Å². The Hall–Kier alpha value is -1.09. The monoisotopic (exact) mass is 234 g/mol. The molecule has 1 atom stereocenters. The van der Waals surface area contributed by atoms with Gasteiger partial charge in [0.15, 0.2) is 0 Å². The van der Waals surface area contributed by atoms with Crippen molar-refractivity contribution in [1.82, 2.24) is 10.3 Å². The summed E-state index contributed by atoms with van der Waals surface area (Å²) in [6.45, 7) is 4.84. The average Bonchev–Trinajstić information content (AvgIpc) is 2.83. The summed E-state index contributed by atoms with van der Waals surface area (Å²) in [5, 5.41) is 13.2. The molecule has 0 saturated heterocycles. The highest BCUT2D eigenvalue weighted by molar-refractivity contribution is 5.27. The van der Waals surface area contributed by atoms with E-state index in [-0.39, 0.29) is 0 Å². The maximum Gasteiger partial charge on any atom is 0.138 e. The van der Waals surface area contributed by atoms with Gasteiger partial charge in [0, 0.05) is 18.3 Å². The fourth-order valence-corrected chi connectivity index (χ4v) is 2.61. The van der Waals surface area contributed by atoms with E-state index in [9.17, 15) is 5.11 Å². The first-order valence-corrected chi connectivity index (χ1v) is 6.55. The summed E-state index contributed by atoms with van der Waals surface area (Å²) < 4.78 is 0. The Morgan fingerprint density at radius 3 is 2.82 bits per heavy atom. The van der Waals surface area contributed by atoms with Gasteiger partial charge in [-0.3, -0.25) is 4.98 Å². The minimum absolute atomic E-state index is 0.293. The average molecular weight is 234 g/mol. The zero-order chi connectivity index (χ0) is 12.3. The van der Waals surface area contributed by atoms with E-state index in [0.717, 1.165) is 17.3 Å². The SMILES string of the molecule is Cc1ccc(O)c(CN[C@H](C)C2CCCC2)n1. The van der Waals surface area contributed by atoms with Crippen LogP contribution >= 0.6 is 0 Å². The summed E-state index contributed by atoms with van der Waals surface area (Å²) in [5.74, 6) is 1.09. The summed E-state index contributed by atoms with van der Waals surface area (Å²) in [5.41, 5.74) is 1.71. The highest BCUT2D eigenvalue weighted by Gasteiger charge is 2.21. The van der Waals surface area contributed by atoms with E-state index in [1.54, 1.807) is 6.07 Å². The minimum Gasteiger partial charge on any atom is -0.506 e. The molecule has 2 rings (SSSR count). The summed E-state index contributed by atoms with van der Waals surface area (Å²) in [6.07, 6.45) is 5.40. The van der Waals surface area contributed by atoms with Crippen molar-refractivity contribution in [2.24, 2.45) is 5.92 Å². The third kappa shape index (κ3) is 3.19. The van der Waals surface area contributed by atoms with Crippen LogP contribution in [0.25, 0.3) is 0 Å². The Kier molecular flexibility index (Phi) is 4.00. The Labute approximate surface area is 103 Å². The number of nitrogens with zero attached hydrogens (tertiary/aromatic N) is 1. The van der Waals surface area contributed by atoms with Crippen LogP contribution in [0.4, 0.5) is 0 Å². The van der Waals surface area contributed by atoms with Crippen LogP contribution in [-0.2, 0) is 6.54 Å². The number of hydrogen-bond acceptors (Lipinski definition) is 3. The molecule has 0 unspecified atom stereocenters. The van der Waals surface area contributed by atoms with Gasteiger partial charge in [0.25, 0.3) is 0 Å². The highest BCUT2D eigenvalue weighted by Crippen LogP contribution is 2.27. The van der Waals surface area contributed by atoms with Gasteiger partial charge in [-0.1, -0.05) is 12.8 Å². The van der Waals surface area contributed by atoms with Crippen LogP contribution in [0.15, 0.2) is 12.1 Å². The Morgan fingerprint density at radius 2 is 2.12 bits per heavy atom. The van der Waals surface area contributed by atoms with E-state index < -0.39 is 0 Å². The molecule has 1 aliphatic rings. The van der Waals surface area contributed by atoms with Crippen LogP contribution in [0.5, 0.6) is 5.75 Å². The van der Waals surface area contributed by atoms with Crippen LogP contribution in [0.2, 0.25) is 0 Å². The van der Waals surface area contributed by atoms with Crippen molar-refractivity contribution in [3.05, 3.63) is 23.5 Å².